The average Bonchev–Trinajstić information content (AvgIpc) is 2.71. The monoisotopic (exact) mass is 442 g/mol. The fourth-order valence-electron chi connectivity index (χ4n) is 4.19. The van der Waals surface area contributed by atoms with Gasteiger partial charge in [0.2, 0.25) is 5.91 Å². The molecule has 1 aliphatic heterocycles. The number of aromatic hydroxyl groups is 2. The topological polar surface area (TPSA) is 113 Å². The third-order valence-electron chi connectivity index (χ3n) is 5.83. The molecule has 2 unspecified atom stereocenters. The van der Waals surface area contributed by atoms with Crippen molar-refractivity contribution in [2.24, 2.45) is 0 Å². The van der Waals surface area contributed by atoms with E-state index in [0.717, 1.165) is 24.0 Å². The summed E-state index contributed by atoms with van der Waals surface area (Å²) in [5.41, 5.74) is 2.13. The quantitative estimate of drug-likeness (QED) is 0.429. The number of phenols is 2. The lowest BCUT2D eigenvalue weighted by Crippen LogP contribution is -2.43. The molecule has 3 rings (SSSR count). The Kier molecular flexibility index (Phi) is 7.77. The SMILES string of the molecule is CC(C)(Cc1cccc(CC(=O)N2CCCC(O)C2)c1)NCC(O)c1cc(O)cc(O)c1. The van der Waals surface area contributed by atoms with E-state index in [-0.39, 0.29) is 29.5 Å². The third-order valence-corrected chi connectivity index (χ3v) is 5.83. The third kappa shape index (κ3) is 6.95. The number of hydrogen-bond donors (Lipinski definition) is 5. The van der Waals surface area contributed by atoms with Gasteiger partial charge in [-0.1, -0.05) is 24.3 Å². The van der Waals surface area contributed by atoms with Crippen molar-refractivity contribution in [1.29, 1.82) is 0 Å². The zero-order chi connectivity index (χ0) is 23.3. The molecule has 2 atom stereocenters. The Balaban J connectivity index is 1.56. The van der Waals surface area contributed by atoms with E-state index in [4.69, 9.17) is 0 Å². The lowest BCUT2D eigenvalue weighted by atomic mass is 9.93. The first-order valence-corrected chi connectivity index (χ1v) is 11.1. The van der Waals surface area contributed by atoms with E-state index in [1.807, 2.05) is 38.1 Å². The van der Waals surface area contributed by atoms with Crippen molar-refractivity contribution < 1.29 is 25.2 Å². The minimum atomic E-state index is -0.879. The minimum Gasteiger partial charge on any atom is -0.508 e. The average molecular weight is 443 g/mol. The van der Waals surface area contributed by atoms with Crippen LogP contribution in [0.4, 0.5) is 0 Å². The smallest absolute Gasteiger partial charge is 0.227 e. The van der Waals surface area contributed by atoms with E-state index in [9.17, 15) is 25.2 Å². The zero-order valence-electron chi connectivity index (χ0n) is 18.8. The van der Waals surface area contributed by atoms with E-state index < -0.39 is 12.2 Å². The van der Waals surface area contributed by atoms with Crippen molar-refractivity contribution in [2.75, 3.05) is 19.6 Å². The molecule has 0 aromatic heterocycles. The first-order valence-electron chi connectivity index (χ1n) is 11.1. The summed E-state index contributed by atoms with van der Waals surface area (Å²) in [5.74, 6) is -0.150. The van der Waals surface area contributed by atoms with Crippen molar-refractivity contribution in [1.82, 2.24) is 10.2 Å². The van der Waals surface area contributed by atoms with Crippen LogP contribution in [0.25, 0.3) is 0 Å². The van der Waals surface area contributed by atoms with Crippen molar-refractivity contribution in [3.8, 4) is 11.5 Å². The van der Waals surface area contributed by atoms with E-state index in [1.165, 1.54) is 18.2 Å². The highest BCUT2D eigenvalue weighted by molar-refractivity contribution is 5.79. The Hall–Kier alpha value is -2.61. The number of benzene rings is 2. The molecule has 1 saturated heterocycles. The number of likely N-dealkylation sites (tertiary alicyclic amines) is 1. The predicted molar refractivity (Wildman–Crippen MR) is 122 cm³/mol. The molecular weight excluding hydrogens is 408 g/mol. The summed E-state index contributed by atoms with van der Waals surface area (Å²) < 4.78 is 0. The molecule has 1 aliphatic rings. The standard InChI is InChI=1S/C25H34N2O5/c1-25(2,26-15-23(31)19-11-21(29)13-22(30)12-19)14-18-6-3-5-17(9-18)10-24(32)27-8-4-7-20(28)16-27/h3,5-6,9,11-13,20,23,26,28-31H,4,7-8,10,14-16H2,1-2H3. The highest BCUT2D eigenvalue weighted by Gasteiger charge is 2.23. The maximum atomic E-state index is 12.6. The number of rotatable bonds is 8. The van der Waals surface area contributed by atoms with Gasteiger partial charge in [-0.25, -0.2) is 0 Å². The van der Waals surface area contributed by atoms with Crippen LogP contribution in [0.2, 0.25) is 0 Å². The molecule has 1 fully saturated rings. The van der Waals surface area contributed by atoms with Crippen LogP contribution >= 0.6 is 0 Å². The number of aliphatic hydroxyl groups excluding tert-OH is 2. The van der Waals surface area contributed by atoms with Gasteiger partial charge in [0.15, 0.2) is 0 Å². The number of amides is 1. The lowest BCUT2D eigenvalue weighted by molar-refractivity contribution is -0.133. The number of β-amino-alcohol motifs (C(OH)–C–C–N with tert-alkyl or cyclic N) is 2. The van der Waals surface area contributed by atoms with Gasteiger partial charge in [0.05, 0.1) is 18.6 Å². The van der Waals surface area contributed by atoms with Crippen LogP contribution < -0.4 is 5.32 Å². The molecule has 0 aliphatic carbocycles. The maximum absolute atomic E-state index is 12.6. The molecule has 32 heavy (non-hydrogen) atoms. The molecule has 7 heteroatoms. The molecule has 2 aromatic rings. The molecule has 0 bridgehead atoms. The molecule has 1 amide bonds. The van der Waals surface area contributed by atoms with Gasteiger partial charge in [0.25, 0.3) is 0 Å². The molecule has 0 spiro atoms. The van der Waals surface area contributed by atoms with Gasteiger partial charge in [-0.2, -0.15) is 0 Å². The van der Waals surface area contributed by atoms with Gasteiger partial charge in [-0.3, -0.25) is 4.79 Å². The number of nitrogens with zero attached hydrogens (tertiary/aromatic N) is 1. The van der Waals surface area contributed by atoms with Crippen molar-refractivity contribution in [3.63, 3.8) is 0 Å². The second-order valence-electron chi connectivity index (χ2n) is 9.37. The van der Waals surface area contributed by atoms with Crippen LogP contribution in [0.5, 0.6) is 11.5 Å². The molecule has 5 N–H and O–H groups in total. The lowest BCUT2D eigenvalue weighted by Gasteiger charge is -2.30. The number of phenolic OH excluding ortho intramolecular Hbond substituents is 2. The van der Waals surface area contributed by atoms with Gasteiger partial charge in [0.1, 0.15) is 11.5 Å². The van der Waals surface area contributed by atoms with Crippen LogP contribution in [0.3, 0.4) is 0 Å². The Bertz CT molecular complexity index is 910. The summed E-state index contributed by atoms with van der Waals surface area (Å²) in [7, 11) is 0. The molecule has 7 nitrogen and oxygen atoms in total. The van der Waals surface area contributed by atoms with Gasteiger partial charge in [-0.05, 0) is 61.9 Å². The van der Waals surface area contributed by atoms with Crippen LogP contribution in [0.1, 0.15) is 49.5 Å². The summed E-state index contributed by atoms with van der Waals surface area (Å²) in [4.78, 5) is 14.4. The van der Waals surface area contributed by atoms with Crippen LogP contribution in [0.15, 0.2) is 42.5 Å². The first-order chi connectivity index (χ1) is 15.1. The van der Waals surface area contributed by atoms with Crippen LogP contribution in [-0.4, -0.2) is 62.5 Å². The Morgan fingerprint density at radius 2 is 1.84 bits per heavy atom. The summed E-state index contributed by atoms with van der Waals surface area (Å²) >= 11 is 0. The van der Waals surface area contributed by atoms with Gasteiger partial charge in [-0.15, -0.1) is 0 Å². The summed E-state index contributed by atoms with van der Waals surface area (Å²) in [6.45, 7) is 5.44. The largest absolute Gasteiger partial charge is 0.508 e. The fourth-order valence-corrected chi connectivity index (χ4v) is 4.19. The second kappa shape index (κ2) is 10.3. The zero-order valence-corrected chi connectivity index (χ0v) is 18.8. The Morgan fingerprint density at radius 1 is 1.16 bits per heavy atom. The highest BCUT2D eigenvalue weighted by Crippen LogP contribution is 2.25. The number of carbonyl (C=O) groups is 1. The predicted octanol–water partition coefficient (Wildman–Crippen LogP) is 2.27. The maximum Gasteiger partial charge on any atom is 0.227 e. The van der Waals surface area contributed by atoms with Gasteiger partial charge < -0.3 is 30.6 Å². The molecule has 0 saturated carbocycles. The van der Waals surface area contributed by atoms with E-state index in [0.29, 0.717) is 31.5 Å². The van der Waals surface area contributed by atoms with Gasteiger partial charge in [0, 0.05) is 31.2 Å². The Morgan fingerprint density at radius 3 is 2.53 bits per heavy atom. The summed E-state index contributed by atoms with van der Waals surface area (Å²) in [5, 5.41) is 42.8. The van der Waals surface area contributed by atoms with E-state index >= 15 is 0 Å². The summed E-state index contributed by atoms with van der Waals surface area (Å²) in [6.07, 6.45) is 1.29. The first kappa shape index (κ1) is 24.0. The molecule has 2 aromatic carbocycles. The van der Waals surface area contributed by atoms with Gasteiger partial charge >= 0.3 is 0 Å². The molecule has 1 heterocycles. The van der Waals surface area contributed by atoms with Crippen molar-refractivity contribution >= 4 is 5.91 Å². The number of hydrogen-bond acceptors (Lipinski definition) is 6. The normalized spacial score (nSPS) is 17.9. The number of carbonyl (C=O) groups excluding carboxylic acids is 1. The van der Waals surface area contributed by atoms with E-state index in [1.54, 1.807) is 4.90 Å². The Labute approximate surface area is 189 Å². The number of piperidine rings is 1. The molecule has 174 valence electrons. The van der Waals surface area contributed by atoms with Crippen LogP contribution in [-0.2, 0) is 17.6 Å². The molecule has 0 radical (unpaired) electrons. The molecular formula is C25H34N2O5. The fraction of sp³-hybridized carbons (Fsp3) is 0.480. The minimum absolute atomic E-state index is 0.0378. The number of aliphatic hydroxyl groups is 2. The van der Waals surface area contributed by atoms with E-state index in [2.05, 4.69) is 5.32 Å². The highest BCUT2D eigenvalue weighted by atomic mass is 16.3. The van der Waals surface area contributed by atoms with Crippen molar-refractivity contribution in [2.45, 2.75) is 57.3 Å². The van der Waals surface area contributed by atoms with Crippen molar-refractivity contribution in [3.05, 3.63) is 59.2 Å². The number of nitrogens with one attached hydrogen (secondary N) is 1. The van der Waals surface area contributed by atoms with Crippen LogP contribution in [0, 0.1) is 0 Å². The summed E-state index contributed by atoms with van der Waals surface area (Å²) in [6, 6.07) is 12.0. The second-order valence-corrected chi connectivity index (χ2v) is 9.37.